The molecule has 32 heavy (non-hydrogen) atoms. The van der Waals surface area contributed by atoms with Crippen molar-refractivity contribution >= 4 is 29.9 Å². The van der Waals surface area contributed by atoms with Crippen LogP contribution in [0.15, 0.2) is 53.5 Å². The highest BCUT2D eigenvalue weighted by Gasteiger charge is 2.11. The Bertz CT molecular complexity index is 1020. The van der Waals surface area contributed by atoms with Crippen LogP contribution in [0.5, 0.6) is 11.5 Å². The van der Waals surface area contributed by atoms with Crippen molar-refractivity contribution < 1.29 is 9.47 Å². The highest BCUT2D eigenvalue weighted by Crippen LogP contribution is 2.25. The fraction of sp³-hybridized carbons (Fsp3) is 0.348. The summed E-state index contributed by atoms with van der Waals surface area (Å²) in [5.41, 5.74) is 2.14. The van der Waals surface area contributed by atoms with E-state index < -0.39 is 0 Å². The van der Waals surface area contributed by atoms with Gasteiger partial charge in [-0.05, 0) is 31.5 Å². The van der Waals surface area contributed by atoms with Gasteiger partial charge < -0.3 is 24.7 Å². The first-order chi connectivity index (χ1) is 15.0. The molecule has 3 aromatic rings. The molecule has 0 aliphatic carbocycles. The molecule has 2 aromatic carbocycles. The van der Waals surface area contributed by atoms with Crippen LogP contribution < -0.4 is 20.1 Å². The number of methoxy groups -OCH3 is 2. The van der Waals surface area contributed by atoms with E-state index >= 15 is 0 Å². The van der Waals surface area contributed by atoms with Crippen LogP contribution in [0.25, 0.3) is 0 Å². The molecule has 9 heteroatoms. The number of nitrogens with one attached hydrogen (secondary N) is 2. The number of aromatic nitrogens is 3. The van der Waals surface area contributed by atoms with E-state index in [9.17, 15) is 0 Å². The van der Waals surface area contributed by atoms with Gasteiger partial charge in [0.15, 0.2) is 11.8 Å². The molecular formula is C23H31IN6O2. The molecule has 0 aliphatic rings. The lowest BCUT2D eigenvalue weighted by molar-refractivity contribution is 0.391. The number of benzene rings is 2. The van der Waals surface area contributed by atoms with Crippen LogP contribution in [0.4, 0.5) is 0 Å². The number of halogens is 1. The maximum Gasteiger partial charge on any atom is 0.192 e. The summed E-state index contributed by atoms with van der Waals surface area (Å²) in [4.78, 5) is 4.79. The molecule has 0 fully saturated rings. The lowest BCUT2D eigenvalue weighted by Crippen LogP contribution is -2.39. The van der Waals surface area contributed by atoms with Gasteiger partial charge in [0.05, 0.1) is 33.4 Å². The van der Waals surface area contributed by atoms with Gasteiger partial charge in [0.2, 0.25) is 0 Å². The molecule has 1 aromatic heterocycles. The molecule has 1 unspecified atom stereocenters. The van der Waals surface area contributed by atoms with Crippen molar-refractivity contribution in [2.24, 2.45) is 12.0 Å². The monoisotopic (exact) mass is 550 g/mol. The van der Waals surface area contributed by atoms with E-state index in [-0.39, 0.29) is 30.0 Å². The minimum absolute atomic E-state index is 0. The highest BCUT2D eigenvalue weighted by molar-refractivity contribution is 14.0. The number of nitrogens with zero attached hydrogens (tertiary/aromatic N) is 4. The highest BCUT2D eigenvalue weighted by atomic mass is 127. The van der Waals surface area contributed by atoms with Crippen molar-refractivity contribution in [2.45, 2.75) is 33.0 Å². The van der Waals surface area contributed by atoms with Gasteiger partial charge >= 0.3 is 0 Å². The van der Waals surface area contributed by atoms with Gasteiger partial charge in [0.1, 0.15) is 17.3 Å². The summed E-state index contributed by atoms with van der Waals surface area (Å²) in [6, 6.07) is 16.1. The zero-order valence-electron chi connectivity index (χ0n) is 19.1. The SMILES string of the molecule is COc1ccc(CN=C(NCc2nnc(C)n2C)NC(C)c2ccccc2)c(OC)c1.I. The van der Waals surface area contributed by atoms with E-state index in [1.165, 1.54) is 5.56 Å². The van der Waals surface area contributed by atoms with Crippen LogP contribution in [0, 0.1) is 6.92 Å². The summed E-state index contributed by atoms with van der Waals surface area (Å²) in [6.45, 7) is 4.98. The second kappa shape index (κ2) is 12.3. The Hall–Kier alpha value is -2.82. The van der Waals surface area contributed by atoms with E-state index in [2.05, 4.69) is 39.9 Å². The fourth-order valence-electron chi connectivity index (χ4n) is 3.10. The Morgan fingerprint density at radius 2 is 1.84 bits per heavy atom. The molecule has 3 rings (SSSR count). The first-order valence-electron chi connectivity index (χ1n) is 10.2. The van der Waals surface area contributed by atoms with Crippen molar-refractivity contribution in [3.63, 3.8) is 0 Å². The third kappa shape index (κ3) is 6.59. The molecule has 172 valence electrons. The van der Waals surface area contributed by atoms with Crippen molar-refractivity contribution in [1.29, 1.82) is 0 Å². The molecule has 0 radical (unpaired) electrons. The Morgan fingerprint density at radius 3 is 2.47 bits per heavy atom. The molecule has 1 atom stereocenters. The minimum atomic E-state index is 0. The predicted molar refractivity (Wildman–Crippen MR) is 137 cm³/mol. The zero-order valence-corrected chi connectivity index (χ0v) is 21.5. The van der Waals surface area contributed by atoms with Crippen molar-refractivity contribution in [1.82, 2.24) is 25.4 Å². The summed E-state index contributed by atoms with van der Waals surface area (Å²) in [7, 11) is 5.23. The summed E-state index contributed by atoms with van der Waals surface area (Å²) in [5, 5.41) is 15.2. The standard InChI is InChI=1S/C23H30N6O2.HI/c1-16(18-9-7-6-8-10-18)26-23(25-15-22-28-27-17(2)29(22)3)24-14-19-11-12-20(30-4)13-21(19)31-5;/h6-13,16H,14-15H2,1-5H3,(H2,24,25,26);1H. The molecule has 0 saturated carbocycles. The van der Waals surface area contributed by atoms with E-state index in [1.54, 1.807) is 14.2 Å². The second-order valence-electron chi connectivity index (χ2n) is 7.20. The van der Waals surface area contributed by atoms with Crippen LogP contribution in [0.3, 0.4) is 0 Å². The summed E-state index contributed by atoms with van der Waals surface area (Å²) < 4.78 is 12.7. The summed E-state index contributed by atoms with van der Waals surface area (Å²) in [5.74, 6) is 3.86. The molecule has 0 saturated heterocycles. The van der Waals surface area contributed by atoms with Crippen molar-refractivity contribution in [2.75, 3.05) is 14.2 Å². The minimum Gasteiger partial charge on any atom is -0.497 e. The van der Waals surface area contributed by atoms with Gasteiger partial charge in [-0.2, -0.15) is 0 Å². The molecule has 0 aliphatic heterocycles. The number of aliphatic imine (C=N–C) groups is 1. The largest absolute Gasteiger partial charge is 0.497 e. The van der Waals surface area contributed by atoms with Crippen LogP contribution in [0.2, 0.25) is 0 Å². The quantitative estimate of drug-likeness (QED) is 0.253. The number of rotatable bonds is 8. The maximum absolute atomic E-state index is 5.51. The van der Waals surface area contributed by atoms with Crippen molar-refractivity contribution in [3.8, 4) is 11.5 Å². The first-order valence-corrected chi connectivity index (χ1v) is 10.2. The third-order valence-electron chi connectivity index (χ3n) is 5.15. The molecule has 0 spiro atoms. The number of ether oxygens (including phenoxy) is 2. The fourth-order valence-corrected chi connectivity index (χ4v) is 3.10. The van der Waals surface area contributed by atoms with Gasteiger partial charge in [-0.1, -0.05) is 30.3 Å². The van der Waals surface area contributed by atoms with Gasteiger partial charge in [-0.3, -0.25) is 0 Å². The van der Waals surface area contributed by atoms with E-state index in [0.29, 0.717) is 19.0 Å². The van der Waals surface area contributed by atoms with Gasteiger partial charge in [-0.25, -0.2) is 4.99 Å². The average Bonchev–Trinajstić information content (AvgIpc) is 3.13. The van der Waals surface area contributed by atoms with Gasteiger partial charge in [0, 0.05) is 18.7 Å². The topological polar surface area (TPSA) is 85.6 Å². The van der Waals surface area contributed by atoms with Crippen molar-refractivity contribution in [3.05, 3.63) is 71.3 Å². The molecule has 1 heterocycles. The van der Waals surface area contributed by atoms with Crippen LogP contribution in [-0.2, 0) is 20.1 Å². The normalized spacial score (nSPS) is 12.0. The Labute approximate surface area is 206 Å². The summed E-state index contributed by atoms with van der Waals surface area (Å²) in [6.07, 6.45) is 0. The van der Waals surface area contributed by atoms with Gasteiger partial charge in [-0.15, -0.1) is 34.2 Å². The molecule has 0 amide bonds. The van der Waals surface area contributed by atoms with Crippen LogP contribution in [-0.4, -0.2) is 34.9 Å². The number of guanidine groups is 1. The van der Waals surface area contributed by atoms with Gasteiger partial charge in [0.25, 0.3) is 0 Å². The smallest absolute Gasteiger partial charge is 0.192 e. The lowest BCUT2D eigenvalue weighted by atomic mass is 10.1. The first kappa shape index (κ1) is 25.4. The number of hydrogen-bond acceptors (Lipinski definition) is 5. The Balaban J connectivity index is 0.00000363. The number of aryl methyl sites for hydroxylation is 1. The van der Waals surface area contributed by atoms with E-state index in [1.807, 2.05) is 54.9 Å². The second-order valence-corrected chi connectivity index (χ2v) is 7.20. The maximum atomic E-state index is 5.51. The molecule has 0 bridgehead atoms. The molecule has 2 N–H and O–H groups in total. The summed E-state index contributed by atoms with van der Waals surface area (Å²) >= 11 is 0. The third-order valence-corrected chi connectivity index (χ3v) is 5.15. The van der Waals surface area contributed by atoms with E-state index in [0.717, 1.165) is 28.7 Å². The number of hydrogen-bond donors (Lipinski definition) is 2. The predicted octanol–water partition coefficient (Wildman–Crippen LogP) is 3.76. The average molecular weight is 550 g/mol. The van der Waals surface area contributed by atoms with Crippen LogP contribution >= 0.6 is 24.0 Å². The van der Waals surface area contributed by atoms with Crippen LogP contribution in [0.1, 0.15) is 35.7 Å². The molecular weight excluding hydrogens is 519 g/mol. The van der Waals surface area contributed by atoms with E-state index in [4.69, 9.17) is 14.5 Å². The molecule has 8 nitrogen and oxygen atoms in total. The zero-order chi connectivity index (χ0) is 22.2. The lowest BCUT2D eigenvalue weighted by Gasteiger charge is -2.19. The Morgan fingerprint density at radius 1 is 1.09 bits per heavy atom. The Kier molecular flexibility index (Phi) is 9.76.